The lowest BCUT2D eigenvalue weighted by atomic mass is 10.1. The Morgan fingerprint density at radius 2 is 1.81 bits per heavy atom. The van der Waals surface area contributed by atoms with E-state index in [2.05, 4.69) is 74.5 Å². The van der Waals surface area contributed by atoms with E-state index in [1.807, 2.05) is 18.2 Å². The van der Waals surface area contributed by atoms with Gasteiger partial charge in [-0.1, -0.05) is 66.2 Å². The maximum absolute atomic E-state index is 10.2. The van der Waals surface area contributed by atoms with Gasteiger partial charge in [0.2, 0.25) is 0 Å². The second kappa shape index (κ2) is 8.44. The minimum absolute atomic E-state index is 0.577. The van der Waals surface area contributed by atoms with Crippen molar-refractivity contribution in [2.75, 3.05) is 4.90 Å². The average Bonchev–Trinajstić information content (AvgIpc) is 3.33. The third kappa shape index (κ3) is 3.66. The highest BCUT2D eigenvalue weighted by Gasteiger charge is 2.30. The number of aryl methyl sites for hydroxylation is 2. The minimum Gasteiger partial charge on any atom is -0.310 e. The molecule has 31 heavy (non-hydrogen) atoms. The molecule has 0 radical (unpaired) electrons. The van der Waals surface area contributed by atoms with Crippen LogP contribution in [0.5, 0.6) is 0 Å². The summed E-state index contributed by atoms with van der Waals surface area (Å²) in [4.78, 5) is 2.17. The van der Waals surface area contributed by atoms with Gasteiger partial charge in [-0.3, -0.25) is 0 Å². The molecular formula is C25H23N5S. The van der Waals surface area contributed by atoms with Crippen molar-refractivity contribution in [3.05, 3.63) is 87.8 Å². The van der Waals surface area contributed by atoms with Crippen LogP contribution < -0.4 is 4.90 Å². The SMILES string of the molecule is Cc1ccc(C2=CS/C(=C(\C#N)c3nnc4n3CCCCC4)N2c2ccccc2)cc1. The predicted octanol–water partition coefficient (Wildman–Crippen LogP) is 5.76. The van der Waals surface area contributed by atoms with Crippen LogP contribution in [0.4, 0.5) is 5.69 Å². The molecule has 0 saturated heterocycles. The molecule has 2 aliphatic heterocycles. The summed E-state index contributed by atoms with van der Waals surface area (Å²) in [7, 11) is 0. The summed E-state index contributed by atoms with van der Waals surface area (Å²) < 4.78 is 2.14. The van der Waals surface area contributed by atoms with Crippen molar-refractivity contribution in [1.82, 2.24) is 14.8 Å². The largest absolute Gasteiger partial charge is 0.310 e. The second-order valence-electron chi connectivity index (χ2n) is 7.85. The number of thioether (sulfide) groups is 1. The Morgan fingerprint density at radius 1 is 1.00 bits per heavy atom. The summed E-state index contributed by atoms with van der Waals surface area (Å²) in [5, 5.41) is 22.1. The number of para-hydroxylation sites is 1. The molecule has 3 heterocycles. The molecule has 5 rings (SSSR count). The van der Waals surface area contributed by atoms with Crippen molar-refractivity contribution in [1.29, 1.82) is 5.26 Å². The van der Waals surface area contributed by atoms with Gasteiger partial charge in [-0.05, 0) is 37.5 Å². The van der Waals surface area contributed by atoms with Crippen molar-refractivity contribution in [3.8, 4) is 6.07 Å². The maximum Gasteiger partial charge on any atom is 0.177 e. The van der Waals surface area contributed by atoms with Crippen LogP contribution in [0.3, 0.4) is 0 Å². The number of hydrogen-bond donors (Lipinski definition) is 0. The van der Waals surface area contributed by atoms with Crippen LogP contribution in [-0.2, 0) is 13.0 Å². The molecule has 0 bridgehead atoms. The molecule has 0 saturated carbocycles. The number of hydrogen-bond acceptors (Lipinski definition) is 5. The Labute approximate surface area is 186 Å². The third-order valence-electron chi connectivity index (χ3n) is 5.75. The van der Waals surface area contributed by atoms with Crippen LogP contribution in [0.2, 0.25) is 0 Å². The summed E-state index contributed by atoms with van der Waals surface area (Å²) in [5.41, 5.74) is 5.01. The van der Waals surface area contributed by atoms with Crippen LogP contribution >= 0.6 is 11.8 Å². The number of fused-ring (bicyclic) bond motifs is 1. The Morgan fingerprint density at radius 3 is 2.58 bits per heavy atom. The molecule has 154 valence electrons. The van der Waals surface area contributed by atoms with E-state index in [0.717, 1.165) is 53.6 Å². The number of nitriles is 1. The number of allylic oxidation sites excluding steroid dienone is 1. The van der Waals surface area contributed by atoms with Gasteiger partial charge in [0.25, 0.3) is 0 Å². The summed E-state index contributed by atoms with van der Waals surface area (Å²) in [6, 6.07) is 21.2. The molecule has 0 fully saturated rings. The van der Waals surface area contributed by atoms with E-state index in [9.17, 15) is 5.26 Å². The molecule has 2 aromatic carbocycles. The molecule has 0 N–H and O–H groups in total. The van der Waals surface area contributed by atoms with E-state index in [1.54, 1.807) is 11.8 Å². The highest BCUT2D eigenvalue weighted by Crippen LogP contribution is 2.46. The zero-order chi connectivity index (χ0) is 21.2. The fourth-order valence-corrected chi connectivity index (χ4v) is 5.14. The zero-order valence-corrected chi connectivity index (χ0v) is 18.3. The Bertz CT molecular complexity index is 1200. The topological polar surface area (TPSA) is 57.7 Å². The maximum atomic E-state index is 10.2. The molecule has 3 aromatic rings. The second-order valence-corrected chi connectivity index (χ2v) is 8.71. The summed E-state index contributed by atoms with van der Waals surface area (Å²) in [6.45, 7) is 2.96. The number of rotatable bonds is 3. The number of anilines is 1. The van der Waals surface area contributed by atoms with E-state index in [1.165, 1.54) is 12.0 Å². The molecule has 2 aliphatic rings. The quantitative estimate of drug-likeness (QED) is 0.500. The van der Waals surface area contributed by atoms with Gasteiger partial charge in [0.1, 0.15) is 22.5 Å². The van der Waals surface area contributed by atoms with Crippen molar-refractivity contribution >= 4 is 28.7 Å². The van der Waals surface area contributed by atoms with Gasteiger partial charge >= 0.3 is 0 Å². The molecule has 0 unspecified atom stereocenters. The molecule has 0 spiro atoms. The van der Waals surface area contributed by atoms with Crippen LogP contribution in [0.1, 0.15) is 42.0 Å². The van der Waals surface area contributed by atoms with E-state index in [0.29, 0.717) is 11.4 Å². The van der Waals surface area contributed by atoms with E-state index >= 15 is 0 Å². The van der Waals surface area contributed by atoms with Gasteiger partial charge in [-0.15, -0.1) is 10.2 Å². The van der Waals surface area contributed by atoms with Gasteiger partial charge in [-0.2, -0.15) is 5.26 Å². The lowest BCUT2D eigenvalue weighted by Gasteiger charge is -2.25. The molecule has 1 aromatic heterocycles. The van der Waals surface area contributed by atoms with Crippen LogP contribution in [0.15, 0.2) is 65.0 Å². The lowest BCUT2D eigenvalue weighted by Crippen LogP contribution is -2.18. The van der Waals surface area contributed by atoms with Crippen LogP contribution in [-0.4, -0.2) is 14.8 Å². The van der Waals surface area contributed by atoms with Crippen LogP contribution in [0, 0.1) is 18.3 Å². The van der Waals surface area contributed by atoms with Gasteiger partial charge < -0.3 is 9.47 Å². The van der Waals surface area contributed by atoms with E-state index in [-0.39, 0.29) is 0 Å². The fraction of sp³-hybridized carbons (Fsp3) is 0.240. The highest BCUT2D eigenvalue weighted by atomic mass is 32.2. The zero-order valence-electron chi connectivity index (χ0n) is 17.5. The van der Waals surface area contributed by atoms with E-state index in [4.69, 9.17) is 0 Å². The number of nitrogens with zero attached hydrogens (tertiary/aromatic N) is 5. The molecular weight excluding hydrogens is 402 g/mol. The number of benzene rings is 2. The van der Waals surface area contributed by atoms with Gasteiger partial charge in [-0.25, -0.2) is 0 Å². The minimum atomic E-state index is 0.577. The Hall–Kier alpha value is -3.30. The standard InChI is InChI=1S/C25H23N5S/c1-18-11-13-19(14-12-18)22-17-31-25(30(22)20-8-4-2-5-9-20)21(16-26)24-28-27-23-10-6-3-7-15-29(23)24/h2,4-5,8-9,11-14,17H,3,6-7,10,15H2,1H3/b25-21+. The fourth-order valence-electron chi connectivity index (χ4n) is 4.12. The van der Waals surface area contributed by atoms with Gasteiger partial charge in [0, 0.05) is 24.1 Å². The van der Waals surface area contributed by atoms with E-state index < -0.39 is 0 Å². The van der Waals surface area contributed by atoms with Gasteiger partial charge in [0.05, 0.1) is 5.70 Å². The molecule has 5 nitrogen and oxygen atoms in total. The molecule has 6 heteroatoms. The first kappa shape index (κ1) is 19.7. The monoisotopic (exact) mass is 425 g/mol. The predicted molar refractivity (Wildman–Crippen MR) is 126 cm³/mol. The molecule has 0 amide bonds. The summed E-state index contributed by atoms with van der Waals surface area (Å²) >= 11 is 1.58. The Kier molecular flexibility index (Phi) is 5.35. The Balaban J connectivity index is 1.65. The van der Waals surface area contributed by atoms with Gasteiger partial charge in [0.15, 0.2) is 5.82 Å². The third-order valence-corrected chi connectivity index (χ3v) is 6.70. The lowest BCUT2D eigenvalue weighted by molar-refractivity contribution is 0.627. The number of aromatic nitrogens is 3. The van der Waals surface area contributed by atoms with Crippen molar-refractivity contribution in [2.45, 2.75) is 39.2 Å². The summed E-state index contributed by atoms with van der Waals surface area (Å²) in [5.74, 6) is 1.67. The molecule has 0 atom stereocenters. The highest BCUT2D eigenvalue weighted by molar-refractivity contribution is 8.06. The normalized spacial score (nSPS) is 17.5. The smallest absolute Gasteiger partial charge is 0.177 e. The van der Waals surface area contributed by atoms with Crippen molar-refractivity contribution < 1.29 is 0 Å². The first-order chi connectivity index (χ1) is 15.3. The first-order valence-corrected chi connectivity index (χ1v) is 11.5. The summed E-state index contributed by atoms with van der Waals surface area (Å²) in [6.07, 6.45) is 4.32. The van der Waals surface area contributed by atoms with Crippen LogP contribution in [0.25, 0.3) is 11.3 Å². The van der Waals surface area contributed by atoms with Crippen molar-refractivity contribution in [2.24, 2.45) is 0 Å². The average molecular weight is 426 g/mol. The first-order valence-electron chi connectivity index (χ1n) is 10.6. The molecule has 0 aliphatic carbocycles. The van der Waals surface area contributed by atoms with Crippen molar-refractivity contribution in [3.63, 3.8) is 0 Å².